The number of hydrogen-bond donors (Lipinski definition) is 1. The van der Waals surface area contributed by atoms with Gasteiger partial charge in [-0.25, -0.2) is 0 Å². The van der Waals surface area contributed by atoms with Crippen LogP contribution in [-0.2, 0) is 12.8 Å². The number of hydrogen-bond acceptors (Lipinski definition) is 2. The Hall–Kier alpha value is -0.860. The summed E-state index contributed by atoms with van der Waals surface area (Å²) >= 11 is 0. The molecule has 0 spiro atoms. The number of nitrogens with zero attached hydrogens (tertiary/aromatic N) is 1. The van der Waals surface area contributed by atoms with Gasteiger partial charge in [-0.3, -0.25) is 4.90 Å². The molecule has 0 unspecified atom stereocenters. The molecule has 3 rings (SSSR count). The molecule has 1 aromatic carbocycles. The fourth-order valence-corrected chi connectivity index (χ4v) is 4.36. The SMILES string of the molecule is NCC1(N2CCc3ccccc3CC2)CCCCCCC1. The molecule has 1 saturated carbocycles. The zero-order chi connectivity index (χ0) is 14.5. The first-order valence-corrected chi connectivity index (χ1v) is 8.86. The van der Waals surface area contributed by atoms with Crippen LogP contribution in [0.3, 0.4) is 0 Å². The molecule has 1 heterocycles. The van der Waals surface area contributed by atoms with Crippen LogP contribution in [0.5, 0.6) is 0 Å². The molecule has 1 aliphatic carbocycles. The lowest BCUT2D eigenvalue weighted by Gasteiger charge is -2.44. The molecule has 1 aromatic rings. The second-order valence-electron chi connectivity index (χ2n) is 6.95. The monoisotopic (exact) mass is 286 g/mol. The highest BCUT2D eigenvalue weighted by atomic mass is 15.2. The van der Waals surface area contributed by atoms with E-state index in [0.717, 1.165) is 6.54 Å². The van der Waals surface area contributed by atoms with Gasteiger partial charge in [-0.15, -0.1) is 0 Å². The molecule has 0 aromatic heterocycles. The van der Waals surface area contributed by atoms with Gasteiger partial charge in [0.15, 0.2) is 0 Å². The van der Waals surface area contributed by atoms with Crippen LogP contribution in [0.1, 0.15) is 56.1 Å². The van der Waals surface area contributed by atoms with Crippen molar-refractivity contribution in [2.45, 2.75) is 63.3 Å². The van der Waals surface area contributed by atoms with Crippen molar-refractivity contribution in [1.82, 2.24) is 4.90 Å². The number of benzene rings is 1. The van der Waals surface area contributed by atoms with Crippen LogP contribution in [0.25, 0.3) is 0 Å². The van der Waals surface area contributed by atoms with Crippen molar-refractivity contribution >= 4 is 0 Å². The first kappa shape index (κ1) is 15.1. The molecule has 0 saturated heterocycles. The Morgan fingerprint density at radius 1 is 0.857 bits per heavy atom. The Balaban J connectivity index is 1.75. The molecule has 21 heavy (non-hydrogen) atoms. The van der Waals surface area contributed by atoms with E-state index in [9.17, 15) is 0 Å². The molecular weight excluding hydrogens is 256 g/mol. The summed E-state index contributed by atoms with van der Waals surface area (Å²) in [6.07, 6.45) is 11.9. The third-order valence-electron chi connectivity index (χ3n) is 5.76. The maximum atomic E-state index is 6.30. The zero-order valence-electron chi connectivity index (χ0n) is 13.3. The highest BCUT2D eigenvalue weighted by Crippen LogP contribution is 2.32. The Morgan fingerprint density at radius 3 is 1.90 bits per heavy atom. The molecule has 2 N–H and O–H groups in total. The topological polar surface area (TPSA) is 29.3 Å². The minimum absolute atomic E-state index is 0.280. The second kappa shape index (κ2) is 6.93. The van der Waals surface area contributed by atoms with Crippen molar-refractivity contribution in [3.8, 4) is 0 Å². The van der Waals surface area contributed by atoms with Gasteiger partial charge in [-0.1, -0.05) is 56.4 Å². The van der Waals surface area contributed by atoms with Crippen LogP contribution >= 0.6 is 0 Å². The normalized spacial score (nSPS) is 23.7. The van der Waals surface area contributed by atoms with E-state index in [1.807, 2.05) is 0 Å². The van der Waals surface area contributed by atoms with E-state index in [0.29, 0.717) is 0 Å². The predicted octanol–water partition coefficient (Wildman–Crippen LogP) is 3.53. The van der Waals surface area contributed by atoms with E-state index in [1.54, 1.807) is 11.1 Å². The average molecular weight is 286 g/mol. The third kappa shape index (κ3) is 3.32. The standard InChI is InChI=1S/C19H30N2/c20-16-19(12-6-2-1-3-7-13-19)21-14-10-17-8-4-5-9-18(17)11-15-21/h4-5,8-9H,1-3,6-7,10-16,20H2. The summed E-state index contributed by atoms with van der Waals surface area (Å²) in [5, 5.41) is 0. The molecule has 2 aliphatic rings. The Morgan fingerprint density at radius 2 is 1.38 bits per heavy atom. The van der Waals surface area contributed by atoms with Crippen molar-refractivity contribution in [1.29, 1.82) is 0 Å². The van der Waals surface area contributed by atoms with Gasteiger partial charge in [0, 0.05) is 25.2 Å². The minimum Gasteiger partial charge on any atom is -0.329 e. The molecule has 2 heteroatoms. The molecule has 0 amide bonds. The predicted molar refractivity (Wildman–Crippen MR) is 89.5 cm³/mol. The molecule has 1 fully saturated rings. The fraction of sp³-hybridized carbons (Fsp3) is 0.684. The number of fused-ring (bicyclic) bond motifs is 1. The Labute approximate surface area is 129 Å². The summed E-state index contributed by atoms with van der Waals surface area (Å²) in [7, 11) is 0. The molecule has 1 aliphatic heterocycles. The van der Waals surface area contributed by atoms with Crippen molar-refractivity contribution in [2.24, 2.45) is 5.73 Å². The molecule has 2 nitrogen and oxygen atoms in total. The highest BCUT2D eigenvalue weighted by Gasteiger charge is 2.35. The average Bonchev–Trinajstić information content (AvgIpc) is 2.71. The van der Waals surface area contributed by atoms with Gasteiger partial charge < -0.3 is 5.73 Å². The lowest BCUT2D eigenvalue weighted by Crippen LogP contribution is -2.55. The molecule has 0 radical (unpaired) electrons. The maximum Gasteiger partial charge on any atom is 0.0332 e. The van der Waals surface area contributed by atoms with Crippen LogP contribution in [0.15, 0.2) is 24.3 Å². The number of rotatable bonds is 2. The van der Waals surface area contributed by atoms with Crippen molar-refractivity contribution in [3.05, 3.63) is 35.4 Å². The first-order valence-electron chi connectivity index (χ1n) is 8.86. The Bertz CT molecular complexity index is 420. The largest absolute Gasteiger partial charge is 0.329 e. The van der Waals surface area contributed by atoms with Crippen LogP contribution in [0.4, 0.5) is 0 Å². The van der Waals surface area contributed by atoms with E-state index in [1.165, 1.54) is 70.9 Å². The summed E-state index contributed by atoms with van der Waals surface area (Å²) in [6, 6.07) is 8.99. The van der Waals surface area contributed by atoms with Crippen LogP contribution in [0, 0.1) is 0 Å². The smallest absolute Gasteiger partial charge is 0.0332 e. The van der Waals surface area contributed by atoms with Crippen LogP contribution in [0.2, 0.25) is 0 Å². The number of nitrogens with two attached hydrogens (primary N) is 1. The maximum absolute atomic E-state index is 6.30. The van der Waals surface area contributed by atoms with Gasteiger partial charge in [-0.05, 0) is 36.8 Å². The van der Waals surface area contributed by atoms with Crippen molar-refractivity contribution in [2.75, 3.05) is 19.6 Å². The van der Waals surface area contributed by atoms with Gasteiger partial charge in [0.05, 0.1) is 0 Å². The van der Waals surface area contributed by atoms with E-state index in [2.05, 4.69) is 29.2 Å². The summed E-state index contributed by atoms with van der Waals surface area (Å²) in [4.78, 5) is 2.75. The van der Waals surface area contributed by atoms with Gasteiger partial charge in [0.2, 0.25) is 0 Å². The lowest BCUT2D eigenvalue weighted by atomic mass is 9.82. The summed E-state index contributed by atoms with van der Waals surface area (Å²) in [5.41, 5.74) is 9.69. The summed E-state index contributed by atoms with van der Waals surface area (Å²) in [5.74, 6) is 0. The fourth-order valence-electron chi connectivity index (χ4n) is 4.36. The zero-order valence-corrected chi connectivity index (χ0v) is 13.3. The quantitative estimate of drug-likeness (QED) is 0.901. The summed E-state index contributed by atoms with van der Waals surface area (Å²) < 4.78 is 0. The molecule has 0 bridgehead atoms. The van der Waals surface area contributed by atoms with E-state index in [4.69, 9.17) is 5.73 Å². The minimum atomic E-state index is 0.280. The van der Waals surface area contributed by atoms with Crippen molar-refractivity contribution in [3.63, 3.8) is 0 Å². The van der Waals surface area contributed by atoms with Gasteiger partial charge in [0.25, 0.3) is 0 Å². The van der Waals surface area contributed by atoms with Gasteiger partial charge in [-0.2, -0.15) is 0 Å². The van der Waals surface area contributed by atoms with E-state index < -0.39 is 0 Å². The molecule has 0 atom stereocenters. The molecular formula is C19H30N2. The lowest BCUT2D eigenvalue weighted by molar-refractivity contribution is 0.0709. The Kier molecular flexibility index (Phi) is 4.97. The highest BCUT2D eigenvalue weighted by molar-refractivity contribution is 5.28. The van der Waals surface area contributed by atoms with Gasteiger partial charge >= 0.3 is 0 Å². The molecule has 116 valence electrons. The van der Waals surface area contributed by atoms with Crippen LogP contribution in [-0.4, -0.2) is 30.1 Å². The van der Waals surface area contributed by atoms with E-state index >= 15 is 0 Å². The summed E-state index contributed by atoms with van der Waals surface area (Å²) in [6.45, 7) is 3.21. The van der Waals surface area contributed by atoms with Crippen LogP contribution < -0.4 is 5.73 Å². The van der Waals surface area contributed by atoms with Crippen molar-refractivity contribution < 1.29 is 0 Å². The van der Waals surface area contributed by atoms with E-state index in [-0.39, 0.29) is 5.54 Å². The second-order valence-corrected chi connectivity index (χ2v) is 6.95. The first-order chi connectivity index (χ1) is 10.3. The van der Waals surface area contributed by atoms with Gasteiger partial charge in [0.1, 0.15) is 0 Å². The third-order valence-corrected chi connectivity index (χ3v) is 5.76.